The van der Waals surface area contributed by atoms with Gasteiger partial charge >= 0.3 is 0 Å². The molecule has 1 saturated heterocycles. The van der Waals surface area contributed by atoms with Gasteiger partial charge in [-0.05, 0) is 44.7 Å². The third-order valence-corrected chi connectivity index (χ3v) is 6.66. The monoisotopic (exact) mass is 355 g/mol. The minimum absolute atomic E-state index is 0.243. The number of hydrogen-bond acceptors (Lipinski definition) is 4. The van der Waals surface area contributed by atoms with Crippen LogP contribution in [0.15, 0.2) is 30.3 Å². The normalized spacial score (nSPS) is 21.2. The van der Waals surface area contributed by atoms with Crippen molar-refractivity contribution in [3.8, 4) is 11.3 Å². The Morgan fingerprint density at radius 3 is 2.84 bits per heavy atom. The summed E-state index contributed by atoms with van der Waals surface area (Å²) >= 11 is 1.74. The first kappa shape index (κ1) is 16.7. The number of nitrogens with zero attached hydrogens (tertiary/aromatic N) is 1. The van der Waals surface area contributed by atoms with Gasteiger partial charge in [-0.3, -0.25) is 4.79 Å². The van der Waals surface area contributed by atoms with Gasteiger partial charge < -0.3 is 10.6 Å². The minimum atomic E-state index is 0.243. The summed E-state index contributed by atoms with van der Waals surface area (Å²) in [6.45, 7) is 4.92. The van der Waals surface area contributed by atoms with Crippen molar-refractivity contribution in [2.24, 2.45) is 11.3 Å². The second kappa shape index (κ2) is 6.89. The van der Waals surface area contributed by atoms with Gasteiger partial charge in [0, 0.05) is 29.3 Å². The highest BCUT2D eigenvalue weighted by atomic mass is 32.1. The molecule has 5 heteroatoms. The molecule has 1 unspecified atom stereocenters. The van der Waals surface area contributed by atoms with Crippen molar-refractivity contribution >= 4 is 17.2 Å². The number of aromatic nitrogens is 1. The third kappa shape index (κ3) is 3.48. The van der Waals surface area contributed by atoms with E-state index in [0.717, 1.165) is 55.0 Å². The van der Waals surface area contributed by atoms with Crippen LogP contribution in [-0.2, 0) is 11.2 Å². The molecule has 132 valence electrons. The van der Waals surface area contributed by atoms with Gasteiger partial charge in [0.05, 0.1) is 10.7 Å². The molecule has 1 aromatic carbocycles. The fourth-order valence-electron chi connectivity index (χ4n) is 4.03. The number of aryl methyl sites for hydroxylation is 1. The van der Waals surface area contributed by atoms with Crippen LogP contribution in [0.25, 0.3) is 11.3 Å². The van der Waals surface area contributed by atoms with Gasteiger partial charge in [-0.15, -0.1) is 11.3 Å². The SMILES string of the molecule is Cc1sc(CCNC(=O)C2CC23CCNCC3)nc1-c1ccccc1. The number of benzene rings is 1. The lowest BCUT2D eigenvalue weighted by molar-refractivity contribution is -0.123. The molecule has 4 nitrogen and oxygen atoms in total. The lowest BCUT2D eigenvalue weighted by atomic mass is 9.92. The van der Waals surface area contributed by atoms with Gasteiger partial charge in [-0.1, -0.05) is 30.3 Å². The molecule has 0 bridgehead atoms. The topological polar surface area (TPSA) is 54.0 Å². The van der Waals surface area contributed by atoms with Crippen molar-refractivity contribution in [1.29, 1.82) is 0 Å². The molecule has 0 radical (unpaired) electrons. The number of rotatable bonds is 5. The largest absolute Gasteiger partial charge is 0.355 e. The van der Waals surface area contributed by atoms with E-state index in [9.17, 15) is 4.79 Å². The maximum Gasteiger partial charge on any atom is 0.223 e. The molecule has 2 N–H and O–H groups in total. The van der Waals surface area contributed by atoms with E-state index in [0.29, 0.717) is 12.0 Å². The molecule has 1 atom stereocenters. The average molecular weight is 356 g/mol. The zero-order valence-electron chi connectivity index (χ0n) is 14.7. The maximum atomic E-state index is 12.4. The Labute approximate surface area is 153 Å². The molecule has 2 aromatic rings. The quantitative estimate of drug-likeness (QED) is 0.866. The summed E-state index contributed by atoms with van der Waals surface area (Å²) in [5.74, 6) is 0.492. The van der Waals surface area contributed by atoms with E-state index in [1.807, 2.05) is 18.2 Å². The molecule has 1 amide bonds. The first-order chi connectivity index (χ1) is 12.2. The van der Waals surface area contributed by atoms with Crippen molar-refractivity contribution in [3.63, 3.8) is 0 Å². The summed E-state index contributed by atoms with van der Waals surface area (Å²) in [7, 11) is 0. The summed E-state index contributed by atoms with van der Waals surface area (Å²) in [5, 5.41) is 7.63. The van der Waals surface area contributed by atoms with Gasteiger partial charge in [0.2, 0.25) is 5.91 Å². The van der Waals surface area contributed by atoms with Crippen LogP contribution in [0, 0.1) is 18.3 Å². The van der Waals surface area contributed by atoms with Gasteiger partial charge in [0.15, 0.2) is 0 Å². The Hall–Kier alpha value is -1.72. The van der Waals surface area contributed by atoms with Gasteiger partial charge in [-0.25, -0.2) is 4.98 Å². The van der Waals surface area contributed by atoms with Gasteiger partial charge in [-0.2, -0.15) is 0 Å². The van der Waals surface area contributed by atoms with Crippen LogP contribution in [0.4, 0.5) is 0 Å². The summed E-state index contributed by atoms with van der Waals surface area (Å²) in [6, 6.07) is 10.3. The molecule has 1 spiro atoms. The second-order valence-corrected chi connectivity index (χ2v) is 8.58. The molecular weight excluding hydrogens is 330 g/mol. The smallest absolute Gasteiger partial charge is 0.223 e. The predicted octanol–water partition coefficient (Wildman–Crippen LogP) is 3.17. The van der Waals surface area contributed by atoms with Gasteiger partial charge in [0.25, 0.3) is 0 Å². The summed E-state index contributed by atoms with van der Waals surface area (Å²) in [4.78, 5) is 18.4. The number of piperidine rings is 1. The molecule has 1 aliphatic heterocycles. The number of carbonyl (C=O) groups excluding carboxylic acids is 1. The van der Waals surface area contributed by atoms with E-state index in [-0.39, 0.29) is 11.8 Å². The molecule has 2 fully saturated rings. The van der Waals surface area contributed by atoms with E-state index >= 15 is 0 Å². The van der Waals surface area contributed by atoms with E-state index < -0.39 is 0 Å². The number of carbonyl (C=O) groups is 1. The average Bonchev–Trinajstić information content (AvgIpc) is 3.19. The zero-order chi connectivity index (χ0) is 17.3. The third-order valence-electron chi connectivity index (χ3n) is 5.63. The van der Waals surface area contributed by atoms with Gasteiger partial charge in [0.1, 0.15) is 0 Å². The van der Waals surface area contributed by atoms with E-state index in [2.05, 4.69) is 29.7 Å². The van der Waals surface area contributed by atoms with Crippen molar-refractivity contribution in [1.82, 2.24) is 15.6 Å². The van der Waals surface area contributed by atoms with Crippen LogP contribution in [0.3, 0.4) is 0 Å². The Kier molecular flexibility index (Phi) is 4.61. The fraction of sp³-hybridized carbons (Fsp3) is 0.500. The van der Waals surface area contributed by atoms with Crippen LogP contribution >= 0.6 is 11.3 Å². The summed E-state index contributed by atoms with van der Waals surface area (Å²) in [6.07, 6.45) is 4.19. The molecule has 2 heterocycles. The summed E-state index contributed by atoms with van der Waals surface area (Å²) < 4.78 is 0. The van der Waals surface area contributed by atoms with Crippen LogP contribution < -0.4 is 10.6 Å². The van der Waals surface area contributed by atoms with Crippen molar-refractivity contribution < 1.29 is 4.79 Å². The molecule has 2 aliphatic rings. The fourth-order valence-corrected chi connectivity index (χ4v) is 4.99. The second-order valence-electron chi connectivity index (χ2n) is 7.29. The first-order valence-electron chi connectivity index (χ1n) is 9.18. The zero-order valence-corrected chi connectivity index (χ0v) is 15.5. The van der Waals surface area contributed by atoms with E-state index in [1.54, 1.807) is 11.3 Å². The van der Waals surface area contributed by atoms with E-state index in [4.69, 9.17) is 4.98 Å². The highest BCUT2D eigenvalue weighted by Gasteiger charge is 2.57. The Balaban J connectivity index is 1.30. The Bertz CT molecular complexity index is 750. The lowest BCUT2D eigenvalue weighted by Gasteiger charge is -2.23. The molecule has 1 saturated carbocycles. The standard InChI is InChI=1S/C20H25N3OS/c1-14-18(15-5-3-2-4-6-15)23-17(25-14)7-10-22-19(24)16-13-20(16)8-11-21-12-9-20/h2-6,16,21H,7-13H2,1H3,(H,22,24). The number of amides is 1. The Morgan fingerprint density at radius 2 is 2.08 bits per heavy atom. The minimum Gasteiger partial charge on any atom is -0.355 e. The number of hydrogen-bond donors (Lipinski definition) is 2. The maximum absolute atomic E-state index is 12.4. The van der Waals surface area contributed by atoms with Crippen molar-refractivity contribution in [3.05, 3.63) is 40.2 Å². The Morgan fingerprint density at radius 1 is 1.32 bits per heavy atom. The van der Waals surface area contributed by atoms with Crippen LogP contribution in [0.2, 0.25) is 0 Å². The first-order valence-corrected chi connectivity index (χ1v) is 10.00. The summed E-state index contributed by atoms with van der Waals surface area (Å²) in [5.41, 5.74) is 2.55. The van der Waals surface area contributed by atoms with Crippen LogP contribution in [-0.4, -0.2) is 30.5 Å². The molecule has 1 aromatic heterocycles. The predicted molar refractivity (Wildman–Crippen MR) is 102 cm³/mol. The molecule has 4 rings (SSSR count). The molecule has 1 aliphatic carbocycles. The van der Waals surface area contributed by atoms with Crippen molar-refractivity contribution in [2.75, 3.05) is 19.6 Å². The molecular formula is C20H25N3OS. The lowest BCUT2D eigenvalue weighted by Crippen LogP contribution is -2.34. The highest BCUT2D eigenvalue weighted by Crippen LogP contribution is 2.58. The van der Waals surface area contributed by atoms with Crippen LogP contribution in [0.5, 0.6) is 0 Å². The number of nitrogens with one attached hydrogen (secondary N) is 2. The van der Waals surface area contributed by atoms with E-state index in [1.165, 1.54) is 4.88 Å². The highest BCUT2D eigenvalue weighted by molar-refractivity contribution is 7.12. The van der Waals surface area contributed by atoms with Crippen molar-refractivity contribution in [2.45, 2.75) is 32.6 Å². The number of thiazole rings is 1. The molecule has 25 heavy (non-hydrogen) atoms. The van der Waals surface area contributed by atoms with Crippen LogP contribution in [0.1, 0.15) is 29.1 Å².